The molecule has 0 radical (unpaired) electrons. The fourth-order valence-corrected chi connectivity index (χ4v) is 5.74. The molecule has 0 aliphatic rings. The molecule has 0 fully saturated rings. The van der Waals surface area contributed by atoms with Gasteiger partial charge in [-0.1, -0.05) is 43.3 Å². The number of amides is 2. The zero-order valence-electron chi connectivity index (χ0n) is 24.3. The predicted molar refractivity (Wildman–Crippen MR) is 160 cm³/mol. The highest BCUT2D eigenvalue weighted by atomic mass is 32.2. The van der Waals surface area contributed by atoms with Gasteiger partial charge in [-0.15, -0.1) is 0 Å². The van der Waals surface area contributed by atoms with Crippen molar-refractivity contribution in [2.75, 3.05) is 18.0 Å². The number of hydrogen-bond donors (Lipinski definition) is 1. The van der Waals surface area contributed by atoms with E-state index in [1.54, 1.807) is 49.4 Å². The Bertz CT molecular complexity index is 1500. The van der Waals surface area contributed by atoms with E-state index in [-0.39, 0.29) is 35.1 Å². The Labute approximate surface area is 246 Å². The number of sulfonamides is 1. The topological polar surface area (TPSA) is 139 Å². The van der Waals surface area contributed by atoms with Crippen LogP contribution in [0.2, 0.25) is 0 Å². The van der Waals surface area contributed by atoms with Gasteiger partial charge in [-0.05, 0) is 63.1 Å². The van der Waals surface area contributed by atoms with Crippen LogP contribution in [0.3, 0.4) is 0 Å². The number of nitrogens with one attached hydrogen (secondary N) is 1. The van der Waals surface area contributed by atoms with Gasteiger partial charge in [0.1, 0.15) is 18.3 Å². The molecule has 3 rings (SSSR count). The van der Waals surface area contributed by atoms with Gasteiger partial charge in [-0.3, -0.25) is 24.0 Å². The van der Waals surface area contributed by atoms with Crippen LogP contribution in [0.1, 0.15) is 39.7 Å². The molecule has 12 heteroatoms. The normalized spacial score (nSPS) is 12.2. The van der Waals surface area contributed by atoms with Crippen molar-refractivity contribution in [3.05, 3.63) is 94.5 Å². The minimum absolute atomic E-state index is 0.00700. The summed E-state index contributed by atoms with van der Waals surface area (Å²) in [6.45, 7) is 6.54. The van der Waals surface area contributed by atoms with E-state index in [1.807, 2.05) is 20.8 Å². The first kappa shape index (κ1) is 32.1. The standard InChI is InChI=1S/C30H36N4O7S/c1-6-27(29(36)31-30(2,3)4)32(20-22-15-17-25(41-5)18-16-22)28(35)21-33(23-11-10-12-24(19-23)34(37)38)42(39,40)26-13-8-7-9-14-26/h7-19,27H,6,20-21H2,1-5H3,(H,31,36)/t27-/m1/s1. The van der Waals surface area contributed by atoms with Crippen molar-refractivity contribution in [1.82, 2.24) is 10.2 Å². The van der Waals surface area contributed by atoms with Gasteiger partial charge in [0, 0.05) is 24.2 Å². The molecular weight excluding hydrogens is 560 g/mol. The fourth-order valence-electron chi connectivity index (χ4n) is 4.31. The number of methoxy groups -OCH3 is 1. The lowest BCUT2D eigenvalue weighted by atomic mass is 10.1. The monoisotopic (exact) mass is 596 g/mol. The molecule has 0 saturated heterocycles. The van der Waals surface area contributed by atoms with Crippen molar-refractivity contribution in [2.24, 2.45) is 0 Å². The number of carbonyl (C=O) groups excluding carboxylic acids is 2. The Morgan fingerprint density at radius 1 is 1.00 bits per heavy atom. The second kappa shape index (κ2) is 13.5. The number of nitrogens with zero attached hydrogens (tertiary/aromatic N) is 3. The van der Waals surface area contributed by atoms with E-state index in [2.05, 4.69) is 5.32 Å². The van der Waals surface area contributed by atoms with Crippen LogP contribution in [0.15, 0.2) is 83.8 Å². The molecule has 1 N–H and O–H groups in total. The quantitative estimate of drug-likeness (QED) is 0.240. The Morgan fingerprint density at radius 2 is 1.64 bits per heavy atom. The van der Waals surface area contributed by atoms with Crippen molar-refractivity contribution in [2.45, 2.75) is 57.1 Å². The van der Waals surface area contributed by atoms with Crippen molar-refractivity contribution in [3.8, 4) is 5.75 Å². The second-order valence-corrected chi connectivity index (χ2v) is 12.5. The highest BCUT2D eigenvalue weighted by Crippen LogP contribution is 2.28. The van der Waals surface area contributed by atoms with E-state index in [0.717, 1.165) is 10.4 Å². The molecular formula is C30H36N4O7S. The Balaban J connectivity index is 2.10. The molecule has 0 heterocycles. The lowest BCUT2D eigenvalue weighted by Crippen LogP contribution is -2.55. The van der Waals surface area contributed by atoms with E-state index in [9.17, 15) is 28.1 Å². The minimum atomic E-state index is -4.34. The third-order valence-electron chi connectivity index (χ3n) is 6.33. The lowest BCUT2D eigenvalue weighted by Gasteiger charge is -2.34. The molecule has 11 nitrogen and oxygen atoms in total. The highest BCUT2D eigenvalue weighted by Gasteiger charge is 2.35. The average Bonchev–Trinajstić information content (AvgIpc) is 2.95. The van der Waals surface area contributed by atoms with Gasteiger partial charge in [0.2, 0.25) is 11.8 Å². The van der Waals surface area contributed by atoms with Gasteiger partial charge < -0.3 is 15.0 Å². The Hall–Kier alpha value is -4.45. The van der Waals surface area contributed by atoms with Crippen LogP contribution in [0.5, 0.6) is 5.75 Å². The number of benzene rings is 3. The SMILES string of the molecule is CC[C@H](C(=O)NC(C)(C)C)N(Cc1ccc(OC)cc1)C(=O)CN(c1cccc([N+](=O)[O-])c1)S(=O)(=O)c1ccccc1. The van der Waals surface area contributed by atoms with E-state index < -0.39 is 39.0 Å². The first-order valence-electron chi connectivity index (χ1n) is 13.3. The molecule has 0 aliphatic heterocycles. The van der Waals surface area contributed by atoms with E-state index in [0.29, 0.717) is 11.3 Å². The molecule has 0 aliphatic carbocycles. The number of nitro groups is 1. The molecule has 0 unspecified atom stereocenters. The van der Waals surface area contributed by atoms with Crippen LogP contribution in [0.25, 0.3) is 0 Å². The van der Waals surface area contributed by atoms with Crippen LogP contribution < -0.4 is 14.4 Å². The third kappa shape index (κ3) is 8.06. The molecule has 42 heavy (non-hydrogen) atoms. The van der Waals surface area contributed by atoms with Crippen LogP contribution in [0, 0.1) is 10.1 Å². The first-order chi connectivity index (χ1) is 19.8. The number of anilines is 1. The van der Waals surface area contributed by atoms with E-state index >= 15 is 0 Å². The summed E-state index contributed by atoms with van der Waals surface area (Å²) in [4.78, 5) is 39.6. The predicted octanol–water partition coefficient (Wildman–Crippen LogP) is 4.52. The molecule has 224 valence electrons. The molecule has 1 atom stereocenters. The third-order valence-corrected chi connectivity index (χ3v) is 8.12. The molecule has 2 amide bonds. The molecule has 0 bridgehead atoms. The summed E-state index contributed by atoms with van der Waals surface area (Å²) in [5.74, 6) is -0.438. The summed E-state index contributed by atoms with van der Waals surface area (Å²) in [7, 11) is -2.81. The summed E-state index contributed by atoms with van der Waals surface area (Å²) >= 11 is 0. The number of rotatable bonds is 12. The summed E-state index contributed by atoms with van der Waals surface area (Å²) < 4.78 is 33.8. The summed E-state index contributed by atoms with van der Waals surface area (Å²) in [5, 5.41) is 14.4. The molecule has 3 aromatic carbocycles. The second-order valence-electron chi connectivity index (χ2n) is 10.6. The number of ether oxygens (including phenoxy) is 1. The van der Waals surface area contributed by atoms with Crippen LogP contribution in [-0.2, 0) is 26.2 Å². The van der Waals surface area contributed by atoms with Crippen molar-refractivity contribution < 1.29 is 27.7 Å². The number of carbonyl (C=O) groups is 2. The average molecular weight is 597 g/mol. The number of nitro benzene ring substituents is 1. The zero-order valence-corrected chi connectivity index (χ0v) is 25.1. The van der Waals surface area contributed by atoms with Gasteiger partial charge >= 0.3 is 0 Å². The fraction of sp³-hybridized carbons (Fsp3) is 0.333. The van der Waals surface area contributed by atoms with Crippen LogP contribution in [-0.4, -0.2) is 55.3 Å². The van der Waals surface area contributed by atoms with Gasteiger partial charge in [0.05, 0.1) is 22.6 Å². The van der Waals surface area contributed by atoms with Crippen LogP contribution in [0.4, 0.5) is 11.4 Å². The van der Waals surface area contributed by atoms with Crippen LogP contribution >= 0.6 is 0 Å². The van der Waals surface area contributed by atoms with Crippen molar-refractivity contribution in [1.29, 1.82) is 0 Å². The summed E-state index contributed by atoms with van der Waals surface area (Å²) in [6.07, 6.45) is 0.256. The molecule has 3 aromatic rings. The maximum atomic E-state index is 14.1. The smallest absolute Gasteiger partial charge is 0.271 e. The largest absolute Gasteiger partial charge is 0.497 e. The van der Waals surface area contributed by atoms with Gasteiger partial charge in [0.25, 0.3) is 15.7 Å². The maximum Gasteiger partial charge on any atom is 0.271 e. The van der Waals surface area contributed by atoms with Crippen molar-refractivity contribution >= 4 is 33.2 Å². The maximum absolute atomic E-state index is 14.1. The molecule has 0 aromatic heterocycles. The Kier molecular flexibility index (Phi) is 10.3. The number of non-ortho nitro benzene ring substituents is 1. The molecule has 0 spiro atoms. The highest BCUT2D eigenvalue weighted by molar-refractivity contribution is 7.92. The van der Waals surface area contributed by atoms with Crippen molar-refractivity contribution in [3.63, 3.8) is 0 Å². The van der Waals surface area contributed by atoms with Gasteiger partial charge in [0.15, 0.2) is 0 Å². The van der Waals surface area contributed by atoms with Gasteiger partial charge in [-0.2, -0.15) is 0 Å². The van der Waals surface area contributed by atoms with E-state index in [1.165, 1.54) is 42.3 Å². The molecule has 0 saturated carbocycles. The lowest BCUT2D eigenvalue weighted by molar-refractivity contribution is -0.384. The summed E-state index contributed by atoms with van der Waals surface area (Å²) in [5.41, 5.74) is -0.276. The minimum Gasteiger partial charge on any atom is -0.497 e. The summed E-state index contributed by atoms with van der Waals surface area (Å²) in [6, 6.07) is 18.6. The number of hydrogen-bond acceptors (Lipinski definition) is 7. The first-order valence-corrected chi connectivity index (χ1v) is 14.8. The van der Waals surface area contributed by atoms with Gasteiger partial charge in [-0.25, -0.2) is 8.42 Å². The zero-order chi connectivity index (χ0) is 31.1. The Morgan fingerprint density at radius 3 is 2.19 bits per heavy atom. The van der Waals surface area contributed by atoms with E-state index in [4.69, 9.17) is 4.74 Å².